The molecule has 2 rings (SSSR count). The number of ketones is 1. The monoisotopic (exact) mass is 272 g/mol. The number of carbonyl (C=O) groups is 1. The van der Waals surface area contributed by atoms with Crippen molar-refractivity contribution in [1.82, 2.24) is 0 Å². The molecule has 0 bridgehead atoms. The molecule has 1 heteroatoms. The highest BCUT2D eigenvalue weighted by Gasteiger charge is 2.26. The summed E-state index contributed by atoms with van der Waals surface area (Å²) in [6, 6.07) is 6.32. The van der Waals surface area contributed by atoms with Gasteiger partial charge in [0.25, 0.3) is 0 Å². The molecule has 0 saturated heterocycles. The second-order valence-electron chi connectivity index (χ2n) is 6.52. The third kappa shape index (κ3) is 3.71. The minimum Gasteiger partial charge on any atom is -0.299 e. The first-order valence-corrected chi connectivity index (χ1v) is 8.19. The Hall–Kier alpha value is -1.11. The number of hydrogen-bond acceptors (Lipinski definition) is 1. The second-order valence-corrected chi connectivity index (χ2v) is 6.52. The maximum Gasteiger partial charge on any atom is 0.140 e. The Morgan fingerprint density at radius 1 is 1.10 bits per heavy atom. The van der Waals surface area contributed by atoms with Crippen molar-refractivity contribution in [3.8, 4) is 0 Å². The van der Waals surface area contributed by atoms with Crippen LogP contribution in [0.4, 0.5) is 0 Å². The van der Waals surface area contributed by atoms with Crippen molar-refractivity contribution >= 4 is 5.78 Å². The zero-order valence-electron chi connectivity index (χ0n) is 13.2. The van der Waals surface area contributed by atoms with Crippen LogP contribution in [0, 0.1) is 25.7 Å². The summed E-state index contributed by atoms with van der Waals surface area (Å²) in [5, 5.41) is 0. The van der Waals surface area contributed by atoms with E-state index in [9.17, 15) is 4.79 Å². The van der Waals surface area contributed by atoms with E-state index in [4.69, 9.17) is 0 Å². The maximum absolute atomic E-state index is 12.5. The first-order valence-electron chi connectivity index (χ1n) is 8.19. The number of carbonyl (C=O) groups excluding carboxylic acids is 1. The van der Waals surface area contributed by atoms with Crippen molar-refractivity contribution in [3.63, 3.8) is 0 Å². The summed E-state index contributed by atoms with van der Waals surface area (Å²) >= 11 is 0. The highest BCUT2D eigenvalue weighted by Crippen LogP contribution is 2.32. The molecule has 20 heavy (non-hydrogen) atoms. The van der Waals surface area contributed by atoms with E-state index >= 15 is 0 Å². The van der Waals surface area contributed by atoms with E-state index in [-0.39, 0.29) is 0 Å². The molecule has 110 valence electrons. The lowest BCUT2D eigenvalue weighted by Gasteiger charge is -2.27. The summed E-state index contributed by atoms with van der Waals surface area (Å²) in [4.78, 5) is 12.5. The molecule has 0 aromatic heterocycles. The molecule has 0 unspecified atom stereocenters. The lowest BCUT2D eigenvalue weighted by Crippen LogP contribution is -2.23. The average molecular weight is 272 g/mol. The summed E-state index contributed by atoms with van der Waals surface area (Å²) in [6.45, 7) is 6.50. The van der Waals surface area contributed by atoms with Crippen LogP contribution < -0.4 is 0 Å². The highest BCUT2D eigenvalue weighted by atomic mass is 16.1. The third-order valence-electron chi connectivity index (χ3n) is 4.99. The van der Waals surface area contributed by atoms with Crippen LogP contribution in [0.1, 0.15) is 62.1 Å². The van der Waals surface area contributed by atoms with Crippen LogP contribution in [0.25, 0.3) is 0 Å². The molecule has 1 aromatic rings. The maximum atomic E-state index is 12.5. The van der Waals surface area contributed by atoms with Gasteiger partial charge in [0, 0.05) is 12.3 Å². The van der Waals surface area contributed by atoms with Crippen LogP contribution >= 0.6 is 0 Å². The summed E-state index contributed by atoms with van der Waals surface area (Å²) in [6.07, 6.45) is 8.03. The van der Waals surface area contributed by atoms with E-state index in [1.54, 1.807) is 0 Å². The van der Waals surface area contributed by atoms with Gasteiger partial charge in [-0.2, -0.15) is 0 Å². The Morgan fingerprint density at radius 3 is 2.25 bits per heavy atom. The van der Waals surface area contributed by atoms with Gasteiger partial charge in [0.2, 0.25) is 0 Å². The second kappa shape index (κ2) is 7.06. The zero-order chi connectivity index (χ0) is 14.5. The SMILES string of the molecule is CCCC1CCC(C(=O)Cc2c(C)cccc2C)CC1. The van der Waals surface area contributed by atoms with Crippen molar-refractivity contribution in [2.24, 2.45) is 11.8 Å². The van der Waals surface area contributed by atoms with E-state index in [0.29, 0.717) is 18.1 Å². The van der Waals surface area contributed by atoms with Gasteiger partial charge in [0.15, 0.2) is 0 Å². The van der Waals surface area contributed by atoms with Gasteiger partial charge in [-0.15, -0.1) is 0 Å². The number of Topliss-reactive ketones (excluding diaryl/α,β-unsaturated/α-hetero) is 1. The first-order chi connectivity index (χ1) is 9.61. The molecule has 0 spiro atoms. The summed E-state index contributed by atoms with van der Waals surface area (Å²) < 4.78 is 0. The minimum atomic E-state index is 0.321. The number of hydrogen-bond donors (Lipinski definition) is 0. The van der Waals surface area contributed by atoms with Crippen LogP contribution in [-0.2, 0) is 11.2 Å². The summed E-state index contributed by atoms with van der Waals surface area (Å²) in [5.74, 6) is 1.67. The molecule has 1 aliphatic carbocycles. The smallest absolute Gasteiger partial charge is 0.140 e. The number of benzene rings is 1. The quantitative estimate of drug-likeness (QED) is 0.735. The van der Waals surface area contributed by atoms with Gasteiger partial charge < -0.3 is 0 Å². The predicted octanol–water partition coefficient (Wildman–Crippen LogP) is 5.02. The molecule has 0 N–H and O–H groups in total. The molecule has 0 radical (unpaired) electrons. The zero-order valence-corrected chi connectivity index (χ0v) is 13.2. The Kier molecular flexibility index (Phi) is 5.39. The molecule has 1 nitrogen and oxygen atoms in total. The lowest BCUT2D eigenvalue weighted by atomic mass is 9.77. The number of rotatable bonds is 5. The Morgan fingerprint density at radius 2 is 1.70 bits per heavy atom. The molecule has 0 atom stereocenters. The average Bonchev–Trinajstić information content (AvgIpc) is 2.44. The Labute approximate surface area is 123 Å². The summed E-state index contributed by atoms with van der Waals surface area (Å²) in [5.41, 5.74) is 3.78. The van der Waals surface area contributed by atoms with E-state index in [1.165, 1.54) is 42.4 Å². The fraction of sp³-hybridized carbons (Fsp3) is 0.632. The predicted molar refractivity (Wildman–Crippen MR) is 85.0 cm³/mol. The third-order valence-corrected chi connectivity index (χ3v) is 4.99. The first kappa shape index (κ1) is 15.3. The molecule has 0 amide bonds. The molecule has 1 aliphatic rings. The largest absolute Gasteiger partial charge is 0.299 e. The van der Waals surface area contributed by atoms with Crippen molar-refractivity contribution in [2.45, 2.75) is 65.7 Å². The minimum absolute atomic E-state index is 0.321. The number of aryl methyl sites for hydroxylation is 2. The van der Waals surface area contributed by atoms with Crippen LogP contribution in [0.2, 0.25) is 0 Å². The fourth-order valence-corrected chi connectivity index (χ4v) is 3.63. The summed E-state index contributed by atoms with van der Waals surface area (Å²) in [7, 11) is 0. The topological polar surface area (TPSA) is 17.1 Å². The van der Waals surface area contributed by atoms with Crippen LogP contribution in [0.3, 0.4) is 0 Å². The van der Waals surface area contributed by atoms with Crippen LogP contribution in [-0.4, -0.2) is 5.78 Å². The van der Waals surface area contributed by atoms with Crippen LogP contribution in [0.15, 0.2) is 18.2 Å². The molecular weight excluding hydrogens is 244 g/mol. The van der Waals surface area contributed by atoms with Gasteiger partial charge in [0.05, 0.1) is 0 Å². The van der Waals surface area contributed by atoms with Gasteiger partial charge in [-0.3, -0.25) is 4.79 Å². The van der Waals surface area contributed by atoms with Crippen molar-refractivity contribution < 1.29 is 4.79 Å². The van der Waals surface area contributed by atoms with Gasteiger partial charge in [-0.25, -0.2) is 0 Å². The van der Waals surface area contributed by atoms with E-state index in [1.807, 2.05) is 0 Å². The molecule has 0 heterocycles. The molecule has 1 aromatic carbocycles. The van der Waals surface area contributed by atoms with Crippen molar-refractivity contribution in [1.29, 1.82) is 0 Å². The van der Waals surface area contributed by atoms with Crippen molar-refractivity contribution in [3.05, 3.63) is 34.9 Å². The van der Waals surface area contributed by atoms with Gasteiger partial charge in [0.1, 0.15) is 5.78 Å². The lowest BCUT2D eigenvalue weighted by molar-refractivity contribution is -0.123. The fourth-order valence-electron chi connectivity index (χ4n) is 3.63. The van der Waals surface area contributed by atoms with E-state index in [2.05, 4.69) is 39.0 Å². The molecule has 0 aliphatic heterocycles. The van der Waals surface area contributed by atoms with E-state index < -0.39 is 0 Å². The van der Waals surface area contributed by atoms with E-state index in [0.717, 1.165) is 18.8 Å². The highest BCUT2D eigenvalue weighted by molar-refractivity contribution is 5.84. The van der Waals surface area contributed by atoms with Gasteiger partial charge >= 0.3 is 0 Å². The standard InChI is InChI=1S/C19H28O/c1-4-6-16-9-11-17(12-10-16)19(20)13-18-14(2)7-5-8-15(18)3/h5,7-8,16-17H,4,6,9-13H2,1-3H3. The van der Waals surface area contributed by atoms with Gasteiger partial charge in [-0.05, 0) is 62.1 Å². The molecular formula is C19H28O. The van der Waals surface area contributed by atoms with Crippen molar-refractivity contribution in [2.75, 3.05) is 0 Å². The molecule has 1 fully saturated rings. The Bertz CT molecular complexity index is 433. The Balaban J connectivity index is 1.93. The molecule has 1 saturated carbocycles. The normalized spacial score (nSPS) is 22.8. The van der Waals surface area contributed by atoms with Crippen LogP contribution in [0.5, 0.6) is 0 Å². The van der Waals surface area contributed by atoms with Gasteiger partial charge in [-0.1, -0.05) is 38.0 Å².